The van der Waals surface area contributed by atoms with Crippen LogP contribution < -0.4 is 5.32 Å². The van der Waals surface area contributed by atoms with Gasteiger partial charge in [0.1, 0.15) is 8.07 Å². The summed E-state index contributed by atoms with van der Waals surface area (Å²) in [5.74, 6) is 0. The molecule has 1 aromatic heterocycles. The van der Waals surface area contributed by atoms with Gasteiger partial charge in [0, 0.05) is 11.5 Å². The number of hydrogen-bond acceptors (Lipinski definition) is 1. The Balaban J connectivity index is 0.000000561. The number of nitrogens with zero attached hydrogens (tertiary/aromatic N) is 1. The van der Waals surface area contributed by atoms with Crippen LogP contribution in [-0.4, -0.2) is 13.1 Å². The summed E-state index contributed by atoms with van der Waals surface area (Å²) in [5.41, 5.74) is 0. The number of halogens is 1. The molecule has 0 aromatic carbocycles. The van der Waals surface area contributed by atoms with Gasteiger partial charge in [0.15, 0.2) is 0 Å². The fourth-order valence-electron chi connectivity index (χ4n) is 0.806. The first-order valence-corrected chi connectivity index (χ1v) is 9.82. The van der Waals surface area contributed by atoms with Crippen LogP contribution in [-0.2, 0) is 20.0 Å². The summed E-state index contributed by atoms with van der Waals surface area (Å²) in [6.45, 7) is 6.90. The Bertz CT molecular complexity index is 210. The average molecular weight is 384 g/mol. The van der Waals surface area contributed by atoms with Crippen molar-refractivity contribution in [2.75, 3.05) is 0 Å². The first-order valence-electron chi connectivity index (χ1n) is 3.63. The standard InChI is InChI=1S/C8H13NSi.Au.ClH/c1-10(2,3)8-6-4-5-7-9-8;;/h4-7H,1-3H3;;1H/q;+1;/p-1. The van der Waals surface area contributed by atoms with Crippen molar-refractivity contribution in [2.24, 2.45) is 0 Å². The summed E-state index contributed by atoms with van der Waals surface area (Å²) in [5, 5.41) is 1.29. The van der Waals surface area contributed by atoms with Crippen molar-refractivity contribution >= 4 is 22.6 Å². The van der Waals surface area contributed by atoms with Crippen LogP contribution in [0.1, 0.15) is 0 Å². The third-order valence-electron chi connectivity index (χ3n) is 1.43. The van der Waals surface area contributed by atoms with Gasteiger partial charge in [0.05, 0.1) is 0 Å². The van der Waals surface area contributed by atoms with E-state index in [-0.39, 0.29) is 0 Å². The fraction of sp³-hybridized carbons (Fsp3) is 0.375. The summed E-state index contributed by atoms with van der Waals surface area (Å²) in [7, 11) is 3.44. The Morgan fingerprint density at radius 1 is 1.25 bits per heavy atom. The first-order chi connectivity index (χ1) is 5.61. The van der Waals surface area contributed by atoms with E-state index in [1.807, 2.05) is 12.3 Å². The average Bonchev–Trinajstić information content (AvgIpc) is 2.08. The van der Waals surface area contributed by atoms with Crippen LogP contribution in [0.4, 0.5) is 0 Å². The Hall–Kier alpha value is 0.397. The molecular formula is C8H13AuClNSi. The minimum absolute atomic E-state index is 1.14. The van der Waals surface area contributed by atoms with Crippen molar-refractivity contribution in [3.05, 3.63) is 24.4 Å². The summed E-state index contributed by atoms with van der Waals surface area (Å²) in [6, 6.07) is 6.14. The second-order valence-electron chi connectivity index (χ2n) is 3.46. The molecule has 0 fully saturated rings. The van der Waals surface area contributed by atoms with E-state index in [1.54, 1.807) is 20.0 Å². The zero-order chi connectivity index (χ0) is 9.61. The van der Waals surface area contributed by atoms with E-state index in [1.165, 1.54) is 5.32 Å². The molecule has 1 rings (SSSR count). The zero-order valence-electron chi connectivity index (χ0n) is 7.44. The van der Waals surface area contributed by atoms with E-state index in [0.717, 1.165) is 0 Å². The second-order valence-corrected chi connectivity index (χ2v) is 8.48. The van der Waals surface area contributed by atoms with Crippen LogP contribution in [0.5, 0.6) is 0 Å². The second kappa shape index (κ2) is 5.94. The summed E-state index contributed by atoms with van der Waals surface area (Å²) in [4.78, 5) is 4.31. The van der Waals surface area contributed by atoms with Gasteiger partial charge in [0.2, 0.25) is 0 Å². The Kier molecular flexibility index (Phi) is 6.14. The molecule has 0 aliphatic rings. The van der Waals surface area contributed by atoms with Gasteiger partial charge in [-0.2, -0.15) is 0 Å². The van der Waals surface area contributed by atoms with Crippen LogP contribution in [0.3, 0.4) is 0 Å². The van der Waals surface area contributed by atoms with Crippen LogP contribution >= 0.6 is 9.19 Å². The van der Waals surface area contributed by atoms with E-state index >= 15 is 0 Å². The quantitative estimate of drug-likeness (QED) is 0.678. The van der Waals surface area contributed by atoms with Gasteiger partial charge in [0.25, 0.3) is 0 Å². The monoisotopic (exact) mass is 383 g/mol. The third kappa shape index (κ3) is 4.43. The molecule has 0 N–H and O–H groups in total. The molecular weight excluding hydrogens is 371 g/mol. The maximum atomic E-state index is 4.58. The SMILES string of the molecule is C[Si](C)(C)c1ccccn1.[Cl][Au]. The molecule has 0 aliphatic heterocycles. The van der Waals surface area contributed by atoms with Crippen LogP contribution in [0, 0.1) is 0 Å². The topological polar surface area (TPSA) is 12.9 Å². The predicted molar refractivity (Wildman–Crippen MR) is 53.1 cm³/mol. The molecule has 1 heterocycles. The van der Waals surface area contributed by atoms with Crippen molar-refractivity contribution in [1.82, 2.24) is 4.98 Å². The van der Waals surface area contributed by atoms with Crippen molar-refractivity contribution in [1.29, 1.82) is 0 Å². The fourth-order valence-corrected chi connectivity index (χ4v) is 1.86. The van der Waals surface area contributed by atoms with Crippen molar-refractivity contribution in [2.45, 2.75) is 19.6 Å². The van der Waals surface area contributed by atoms with E-state index in [0.29, 0.717) is 0 Å². The molecule has 0 saturated carbocycles. The maximum absolute atomic E-state index is 4.58. The molecule has 0 radical (unpaired) electrons. The summed E-state index contributed by atoms with van der Waals surface area (Å²) >= 11 is 1.75. The van der Waals surface area contributed by atoms with Crippen molar-refractivity contribution < 1.29 is 20.0 Å². The summed E-state index contributed by atoms with van der Waals surface area (Å²) in [6.07, 6.45) is 1.87. The molecule has 0 saturated heterocycles. The Morgan fingerprint density at radius 3 is 2.08 bits per heavy atom. The van der Waals surface area contributed by atoms with Gasteiger partial charge < -0.3 is 0 Å². The molecule has 0 atom stereocenters. The van der Waals surface area contributed by atoms with Crippen LogP contribution in [0.2, 0.25) is 19.6 Å². The number of rotatable bonds is 1. The molecule has 0 amide bonds. The predicted octanol–water partition coefficient (Wildman–Crippen LogP) is 2.31. The van der Waals surface area contributed by atoms with Crippen LogP contribution in [0.25, 0.3) is 0 Å². The van der Waals surface area contributed by atoms with Gasteiger partial charge in [-0.15, -0.1) is 0 Å². The van der Waals surface area contributed by atoms with E-state index in [9.17, 15) is 0 Å². The number of pyridine rings is 1. The summed E-state index contributed by atoms with van der Waals surface area (Å²) < 4.78 is 0. The van der Waals surface area contributed by atoms with Gasteiger partial charge in [-0.05, 0) is 12.1 Å². The van der Waals surface area contributed by atoms with E-state index < -0.39 is 8.07 Å². The van der Waals surface area contributed by atoms with Crippen molar-refractivity contribution in [3.63, 3.8) is 0 Å². The Morgan fingerprint density at radius 2 is 1.83 bits per heavy atom. The molecule has 1 nitrogen and oxygen atoms in total. The molecule has 12 heavy (non-hydrogen) atoms. The number of aromatic nitrogens is 1. The van der Waals surface area contributed by atoms with E-state index in [2.05, 4.69) is 45.9 Å². The molecule has 1 aromatic rings. The molecule has 4 heteroatoms. The minimum atomic E-state index is -1.14. The van der Waals surface area contributed by atoms with E-state index in [4.69, 9.17) is 0 Å². The zero-order valence-corrected chi connectivity index (χ0v) is 11.4. The first kappa shape index (κ1) is 12.4. The Labute approximate surface area is 91.3 Å². The van der Waals surface area contributed by atoms with Gasteiger partial charge in [-0.1, -0.05) is 25.7 Å². The normalized spacial score (nSPS) is 10.2. The molecule has 72 valence electrons. The molecule has 0 aliphatic carbocycles. The molecule has 0 spiro atoms. The van der Waals surface area contributed by atoms with Gasteiger partial charge in [-0.25, -0.2) is 0 Å². The third-order valence-corrected chi connectivity index (χ3v) is 3.27. The van der Waals surface area contributed by atoms with Gasteiger partial charge in [-0.3, -0.25) is 4.98 Å². The number of hydrogen-bond donors (Lipinski definition) is 0. The molecule has 0 bridgehead atoms. The molecule has 0 unspecified atom stereocenters. The van der Waals surface area contributed by atoms with Gasteiger partial charge >= 0.3 is 29.2 Å². The van der Waals surface area contributed by atoms with Crippen molar-refractivity contribution in [3.8, 4) is 0 Å². The van der Waals surface area contributed by atoms with Crippen LogP contribution in [0.15, 0.2) is 24.4 Å².